The molecule has 0 radical (unpaired) electrons. The van der Waals surface area contributed by atoms with Crippen LogP contribution in [-0.4, -0.2) is 33.7 Å². The highest BCUT2D eigenvalue weighted by molar-refractivity contribution is 8.00. The Morgan fingerprint density at radius 3 is 2.51 bits per heavy atom. The van der Waals surface area contributed by atoms with Gasteiger partial charge in [-0.25, -0.2) is 9.78 Å². The van der Waals surface area contributed by atoms with E-state index in [0.717, 1.165) is 46.5 Å². The highest BCUT2D eigenvalue weighted by atomic mass is 32.2. The van der Waals surface area contributed by atoms with Gasteiger partial charge in [0.1, 0.15) is 6.61 Å². The number of benzene rings is 2. The fourth-order valence-corrected chi connectivity index (χ4v) is 5.11. The quantitative estimate of drug-likeness (QED) is 0.201. The molecule has 0 aliphatic carbocycles. The number of hydrogen-bond acceptors (Lipinski definition) is 7. The first-order chi connectivity index (χ1) is 18.3. The predicted molar refractivity (Wildman–Crippen MR) is 161 cm³/mol. The minimum atomic E-state index is -0.970. The van der Waals surface area contributed by atoms with Gasteiger partial charge in [0.25, 0.3) is 0 Å². The largest absolute Gasteiger partial charge is 0.478 e. The van der Waals surface area contributed by atoms with Gasteiger partial charge in [0, 0.05) is 22.1 Å². The number of nitrogens with two attached hydrogens (primary N) is 1. The first-order valence-corrected chi connectivity index (χ1v) is 14.3. The van der Waals surface area contributed by atoms with Crippen molar-refractivity contribution in [2.45, 2.75) is 78.7 Å². The molecule has 3 aromatic rings. The van der Waals surface area contributed by atoms with Gasteiger partial charge in [-0.3, -0.25) is 4.72 Å². The third kappa shape index (κ3) is 8.97. The van der Waals surface area contributed by atoms with Gasteiger partial charge in [-0.05, 0) is 85.7 Å². The number of carbonyl (C=O) groups is 1. The third-order valence-electron chi connectivity index (χ3n) is 6.34. The van der Waals surface area contributed by atoms with Crippen LogP contribution < -0.4 is 15.2 Å². The molecule has 0 bridgehead atoms. The molecule has 3 rings (SSSR count). The van der Waals surface area contributed by atoms with E-state index in [0.29, 0.717) is 24.4 Å². The van der Waals surface area contributed by atoms with E-state index in [1.165, 1.54) is 17.5 Å². The standard InChI is InChI=1S/C31H42N4O3S/c1-19(2)14-15-22-11-8-10-20(3)26(22)27-21(4)28(38-18-24(32)17-31(5,6)7)34-30(33-27)35-39-25-13-9-12-23(16-25)29(36)37/h8-13,16,19,24H,14-15,17-18,32H2,1-7H3,(H,36,37)(H,33,34,35). The number of hydrogen-bond donors (Lipinski definition) is 3. The Hall–Kier alpha value is -3.10. The molecule has 8 heteroatoms. The van der Waals surface area contributed by atoms with Gasteiger partial charge >= 0.3 is 5.97 Å². The molecule has 0 aliphatic rings. The van der Waals surface area contributed by atoms with Crippen molar-refractivity contribution in [2.24, 2.45) is 17.1 Å². The second-order valence-corrected chi connectivity index (χ2v) is 12.6. The van der Waals surface area contributed by atoms with E-state index >= 15 is 0 Å². The summed E-state index contributed by atoms with van der Waals surface area (Å²) in [4.78, 5) is 21.8. The molecule has 0 spiro atoms. The summed E-state index contributed by atoms with van der Waals surface area (Å²) in [5.74, 6) is 0.494. The highest BCUT2D eigenvalue weighted by Gasteiger charge is 2.21. The molecule has 0 saturated carbocycles. The van der Waals surface area contributed by atoms with Crippen LogP contribution >= 0.6 is 11.9 Å². The Morgan fingerprint density at radius 1 is 1.13 bits per heavy atom. The number of rotatable bonds is 12. The van der Waals surface area contributed by atoms with Gasteiger partial charge in [0.15, 0.2) is 0 Å². The van der Waals surface area contributed by atoms with Gasteiger partial charge in [-0.2, -0.15) is 4.98 Å². The number of nitrogens with zero attached hydrogens (tertiary/aromatic N) is 2. The predicted octanol–water partition coefficient (Wildman–Crippen LogP) is 7.31. The lowest BCUT2D eigenvalue weighted by Crippen LogP contribution is -2.32. The minimum absolute atomic E-state index is 0.0922. The summed E-state index contributed by atoms with van der Waals surface area (Å²) in [6.45, 7) is 15.4. The summed E-state index contributed by atoms with van der Waals surface area (Å²) >= 11 is 1.26. The molecule has 4 N–H and O–H groups in total. The zero-order valence-corrected chi connectivity index (χ0v) is 25.0. The van der Waals surface area contributed by atoms with Crippen LogP contribution in [0.1, 0.15) is 74.5 Å². The minimum Gasteiger partial charge on any atom is -0.478 e. The molecule has 0 amide bonds. The van der Waals surface area contributed by atoms with Crippen molar-refractivity contribution in [3.63, 3.8) is 0 Å². The van der Waals surface area contributed by atoms with E-state index in [4.69, 9.17) is 20.4 Å². The Bertz CT molecular complexity index is 1290. The Morgan fingerprint density at radius 2 is 1.85 bits per heavy atom. The van der Waals surface area contributed by atoms with E-state index in [9.17, 15) is 9.90 Å². The van der Waals surface area contributed by atoms with Gasteiger partial charge in [-0.1, -0.05) is 58.9 Å². The van der Waals surface area contributed by atoms with Crippen LogP contribution in [0.3, 0.4) is 0 Å². The number of ether oxygens (including phenoxy) is 1. The van der Waals surface area contributed by atoms with Crippen LogP contribution in [-0.2, 0) is 6.42 Å². The van der Waals surface area contributed by atoms with E-state index in [1.807, 2.05) is 13.0 Å². The highest BCUT2D eigenvalue weighted by Crippen LogP contribution is 2.35. The lowest BCUT2D eigenvalue weighted by Gasteiger charge is -2.24. The van der Waals surface area contributed by atoms with Gasteiger partial charge in [-0.15, -0.1) is 0 Å². The molecule has 2 aromatic carbocycles. The second-order valence-electron chi connectivity index (χ2n) is 11.7. The van der Waals surface area contributed by atoms with Crippen LogP contribution in [0.2, 0.25) is 0 Å². The number of carboxylic acids is 1. The Balaban J connectivity index is 2.00. The first kappa shape index (κ1) is 30.4. The topological polar surface area (TPSA) is 110 Å². The molecular weight excluding hydrogens is 508 g/mol. The van der Waals surface area contributed by atoms with Crippen LogP contribution in [0, 0.1) is 25.2 Å². The summed E-state index contributed by atoms with van der Waals surface area (Å²) in [5, 5.41) is 9.35. The van der Waals surface area contributed by atoms with Gasteiger partial charge < -0.3 is 15.6 Å². The number of nitrogens with one attached hydrogen (secondary N) is 1. The average molecular weight is 551 g/mol. The lowest BCUT2D eigenvalue weighted by molar-refractivity contribution is 0.0696. The number of carboxylic acid groups (broad SMARTS) is 1. The molecule has 7 nitrogen and oxygen atoms in total. The summed E-state index contributed by atoms with van der Waals surface area (Å²) in [5.41, 5.74) is 11.9. The maximum atomic E-state index is 11.4. The zero-order valence-electron chi connectivity index (χ0n) is 24.2. The smallest absolute Gasteiger partial charge is 0.335 e. The molecule has 0 aliphatic heterocycles. The fraction of sp³-hybridized carbons (Fsp3) is 0.452. The van der Waals surface area contributed by atoms with Crippen molar-refractivity contribution in [1.82, 2.24) is 9.97 Å². The van der Waals surface area contributed by atoms with E-state index in [1.54, 1.807) is 18.2 Å². The van der Waals surface area contributed by atoms with Crippen LogP contribution in [0.4, 0.5) is 5.95 Å². The van der Waals surface area contributed by atoms with Crippen molar-refractivity contribution in [3.8, 4) is 17.1 Å². The molecule has 1 unspecified atom stereocenters. The summed E-state index contributed by atoms with van der Waals surface area (Å²) in [7, 11) is 0. The zero-order chi connectivity index (χ0) is 28.7. The van der Waals surface area contributed by atoms with Crippen molar-refractivity contribution < 1.29 is 14.6 Å². The van der Waals surface area contributed by atoms with Crippen LogP contribution in [0.5, 0.6) is 5.88 Å². The van der Waals surface area contributed by atoms with Crippen LogP contribution in [0.15, 0.2) is 47.4 Å². The van der Waals surface area contributed by atoms with E-state index < -0.39 is 5.97 Å². The molecule has 1 heterocycles. The molecular formula is C31H42N4O3S. The second kappa shape index (κ2) is 13.3. The fourth-order valence-electron chi connectivity index (χ4n) is 4.47. The Labute approximate surface area is 237 Å². The van der Waals surface area contributed by atoms with Gasteiger partial charge in [0.2, 0.25) is 11.8 Å². The van der Waals surface area contributed by atoms with Crippen LogP contribution in [0.25, 0.3) is 11.3 Å². The van der Waals surface area contributed by atoms with E-state index in [-0.39, 0.29) is 17.0 Å². The molecule has 39 heavy (non-hydrogen) atoms. The van der Waals surface area contributed by atoms with Crippen molar-refractivity contribution in [3.05, 3.63) is 64.7 Å². The van der Waals surface area contributed by atoms with E-state index in [2.05, 4.69) is 64.5 Å². The maximum absolute atomic E-state index is 11.4. The Kier molecular flexibility index (Phi) is 10.4. The number of aromatic nitrogens is 2. The number of aryl methyl sites for hydroxylation is 2. The van der Waals surface area contributed by atoms with Crippen molar-refractivity contribution >= 4 is 23.9 Å². The monoisotopic (exact) mass is 550 g/mol. The molecule has 0 saturated heterocycles. The maximum Gasteiger partial charge on any atom is 0.335 e. The molecule has 1 atom stereocenters. The average Bonchev–Trinajstić information content (AvgIpc) is 2.85. The summed E-state index contributed by atoms with van der Waals surface area (Å²) in [6.07, 6.45) is 2.85. The number of anilines is 1. The summed E-state index contributed by atoms with van der Waals surface area (Å²) < 4.78 is 9.43. The SMILES string of the molecule is Cc1cccc(CCC(C)C)c1-c1nc(NSc2cccc(C(=O)O)c2)nc(OCC(N)CC(C)(C)C)c1C. The molecule has 0 fully saturated rings. The summed E-state index contributed by atoms with van der Waals surface area (Å²) in [6, 6.07) is 13.0. The lowest BCUT2D eigenvalue weighted by atomic mass is 9.89. The van der Waals surface area contributed by atoms with Crippen molar-refractivity contribution in [1.29, 1.82) is 0 Å². The number of aromatic carboxylic acids is 1. The molecule has 210 valence electrons. The molecule has 1 aromatic heterocycles. The third-order valence-corrected chi connectivity index (χ3v) is 7.11. The first-order valence-electron chi connectivity index (χ1n) is 13.5. The normalized spacial score (nSPS) is 12.4. The van der Waals surface area contributed by atoms with Gasteiger partial charge in [0.05, 0.1) is 11.3 Å². The van der Waals surface area contributed by atoms with Crippen molar-refractivity contribution in [2.75, 3.05) is 11.3 Å².